The molecule has 1 rings (SSSR count). The predicted octanol–water partition coefficient (Wildman–Crippen LogP) is 6.28. The van der Waals surface area contributed by atoms with Crippen molar-refractivity contribution >= 4 is 81.3 Å². The van der Waals surface area contributed by atoms with Crippen LogP contribution in [0.5, 0.6) is 0 Å². The second-order valence-corrected chi connectivity index (χ2v) is 7.16. The van der Waals surface area contributed by atoms with Crippen molar-refractivity contribution in [3.63, 3.8) is 0 Å². The number of halogens is 6. The largest absolute Gasteiger partial charge is 0.462 e. The molecule has 0 heterocycles. The Morgan fingerprint density at radius 3 is 2.32 bits per heavy atom. The van der Waals surface area contributed by atoms with Gasteiger partial charge < -0.3 is 4.74 Å². The number of hydrogen-bond donors (Lipinski definition) is 0. The van der Waals surface area contributed by atoms with Gasteiger partial charge in [-0.15, -0.1) is 21.8 Å². The van der Waals surface area contributed by atoms with Gasteiger partial charge in [-0.25, -0.2) is 4.79 Å². The first-order valence-corrected chi connectivity index (χ1v) is 8.28. The van der Waals surface area contributed by atoms with E-state index in [1.165, 1.54) is 12.1 Å². The molecule has 122 valence electrons. The summed E-state index contributed by atoms with van der Waals surface area (Å²) in [5.41, 5.74) is 0.0836. The summed E-state index contributed by atoms with van der Waals surface area (Å²) in [6.07, 6.45) is 0. The van der Waals surface area contributed by atoms with Crippen LogP contribution in [0.2, 0.25) is 15.1 Å². The number of ether oxygens (including phenoxy) is 1. The van der Waals surface area contributed by atoms with Gasteiger partial charge in [-0.2, -0.15) is 0 Å². The molecule has 10 heteroatoms. The number of azo groups is 1. The van der Waals surface area contributed by atoms with Gasteiger partial charge in [-0.1, -0.05) is 64.9 Å². The van der Waals surface area contributed by atoms with Gasteiger partial charge >= 0.3 is 10.4 Å². The van der Waals surface area contributed by atoms with Crippen LogP contribution in [0.3, 0.4) is 0 Å². The zero-order valence-electron chi connectivity index (χ0n) is 11.1. The van der Waals surface area contributed by atoms with Gasteiger partial charge in [0.15, 0.2) is 0 Å². The van der Waals surface area contributed by atoms with Gasteiger partial charge in [0.25, 0.3) is 0 Å². The summed E-state index contributed by atoms with van der Waals surface area (Å²) in [4.78, 5) is 11.8. The summed E-state index contributed by atoms with van der Waals surface area (Å²) in [6.45, 7) is 1.85. The third kappa shape index (κ3) is 5.91. The number of rotatable bonds is 6. The smallest absolute Gasteiger partial charge is 0.367 e. The van der Waals surface area contributed by atoms with Gasteiger partial charge in [-0.05, 0) is 12.1 Å². The maximum absolute atomic E-state index is 11.8. The lowest BCUT2D eigenvalue weighted by molar-refractivity contribution is -0.145. The fourth-order valence-electron chi connectivity index (χ4n) is 1.13. The highest BCUT2D eigenvalue weighted by atomic mass is 35.5. The van der Waals surface area contributed by atoms with Crippen molar-refractivity contribution in [2.75, 3.05) is 12.5 Å². The Labute approximate surface area is 157 Å². The second-order valence-electron chi connectivity index (χ2n) is 4.32. The van der Waals surface area contributed by atoms with Crippen molar-refractivity contribution in [3.05, 3.63) is 27.2 Å². The minimum absolute atomic E-state index is 0.0492. The third-order valence-electron chi connectivity index (χ3n) is 2.27. The Morgan fingerprint density at radius 2 is 1.82 bits per heavy atom. The lowest BCUT2D eigenvalue weighted by Crippen LogP contribution is -2.27. The number of alkyl halides is 3. The molecule has 0 aromatic heterocycles. The monoisotopic (exact) mass is 424 g/mol. The Bertz CT molecular complexity index is 556. The lowest BCUT2D eigenvalue weighted by atomic mass is 10.2. The third-order valence-corrected chi connectivity index (χ3v) is 4.05. The van der Waals surface area contributed by atoms with Crippen LogP contribution in [0.4, 0.5) is 5.69 Å². The van der Waals surface area contributed by atoms with Gasteiger partial charge in [-0.3, -0.25) is 0 Å². The molecular weight excluding hydrogens is 417 g/mol. The SMILES string of the molecule is CC(CCl)COC(=O)C(Cl)(Cl)/N=N/c1c(Cl)cc(Cl)cc1Cl. The van der Waals surface area contributed by atoms with E-state index in [0.717, 1.165) is 0 Å². The fourth-order valence-corrected chi connectivity index (χ4v) is 2.30. The van der Waals surface area contributed by atoms with Crippen molar-refractivity contribution < 1.29 is 9.53 Å². The van der Waals surface area contributed by atoms with Crippen molar-refractivity contribution in [2.45, 2.75) is 11.4 Å². The van der Waals surface area contributed by atoms with E-state index < -0.39 is 10.4 Å². The van der Waals surface area contributed by atoms with Crippen LogP contribution in [0.25, 0.3) is 0 Å². The molecule has 0 saturated heterocycles. The van der Waals surface area contributed by atoms with Crippen LogP contribution in [0, 0.1) is 5.92 Å². The summed E-state index contributed by atoms with van der Waals surface area (Å²) in [7, 11) is 0. The summed E-state index contributed by atoms with van der Waals surface area (Å²) >= 11 is 34.8. The van der Waals surface area contributed by atoms with Crippen LogP contribution in [0.15, 0.2) is 22.4 Å². The Hall–Kier alpha value is 0.0300. The highest BCUT2D eigenvalue weighted by Crippen LogP contribution is 2.37. The number of esters is 1. The Morgan fingerprint density at radius 1 is 1.27 bits per heavy atom. The molecule has 1 aromatic rings. The molecule has 0 saturated carbocycles. The zero-order chi connectivity index (χ0) is 16.9. The molecule has 0 amide bonds. The van der Waals surface area contributed by atoms with E-state index in [0.29, 0.717) is 10.9 Å². The molecule has 1 atom stereocenters. The van der Waals surface area contributed by atoms with E-state index in [9.17, 15) is 4.79 Å². The number of hydrogen-bond acceptors (Lipinski definition) is 4. The number of carbonyl (C=O) groups excluding carboxylic acids is 1. The molecule has 0 radical (unpaired) electrons. The fraction of sp³-hybridized carbons (Fsp3) is 0.417. The first-order valence-electron chi connectivity index (χ1n) is 5.85. The molecule has 1 unspecified atom stereocenters. The molecule has 0 N–H and O–H groups in total. The summed E-state index contributed by atoms with van der Waals surface area (Å²) in [5, 5.41) is 7.81. The van der Waals surface area contributed by atoms with Gasteiger partial charge in [0.05, 0.1) is 16.7 Å². The van der Waals surface area contributed by atoms with Crippen LogP contribution in [0.1, 0.15) is 6.92 Å². The van der Waals surface area contributed by atoms with Crippen molar-refractivity contribution in [1.82, 2.24) is 0 Å². The minimum Gasteiger partial charge on any atom is -0.462 e. The van der Waals surface area contributed by atoms with Crippen LogP contribution in [-0.2, 0) is 9.53 Å². The molecule has 1 aromatic carbocycles. The van der Waals surface area contributed by atoms with E-state index in [1.54, 1.807) is 6.92 Å². The molecule has 0 aliphatic heterocycles. The average molecular weight is 427 g/mol. The van der Waals surface area contributed by atoms with E-state index in [1.807, 2.05) is 0 Å². The van der Waals surface area contributed by atoms with E-state index >= 15 is 0 Å². The standard InChI is InChI=1S/C12H10Cl6N2O2/c1-6(4-13)5-22-11(21)12(17,18)20-19-10-8(15)2-7(14)3-9(10)16/h2-3,6H,4-5H2,1H3/b20-19+. The molecule has 0 fully saturated rings. The van der Waals surface area contributed by atoms with Crippen molar-refractivity contribution in [1.29, 1.82) is 0 Å². The summed E-state index contributed by atoms with van der Waals surface area (Å²) in [5.74, 6) is -0.702. The maximum atomic E-state index is 11.8. The molecule has 22 heavy (non-hydrogen) atoms. The van der Waals surface area contributed by atoms with Gasteiger partial charge in [0, 0.05) is 16.8 Å². The molecule has 0 aliphatic rings. The van der Waals surface area contributed by atoms with E-state index in [-0.39, 0.29) is 28.3 Å². The average Bonchev–Trinajstić information content (AvgIpc) is 2.42. The molecule has 0 bridgehead atoms. The lowest BCUT2D eigenvalue weighted by Gasteiger charge is -2.14. The molecule has 0 spiro atoms. The van der Waals surface area contributed by atoms with Gasteiger partial charge in [0.1, 0.15) is 5.69 Å². The second kappa shape index (κ2) is 8.76. The first kappa shape index (κ1) is 20.1. The Kier molecular flexibility index (Phi) is 8.00. The normalized spacial score (nSPS) is 13.4. The van der Waals surface area contributed by atoms with Gasteiger partial charge in [0.2, 0.25) is 0 Å². The quantitative estimate of drug-likeness (QED) is 0.232. The summed E-state index contributed by atoms with van der Waals surface area (Å²) in [6, 6.07) is 2.82. The summed E-state index contributed by atoms with van der Waals surface area (Å²) < 4.78 is 2.68. The highest BCUT2D eigenvalue weighted by molar-refractivity contribution is 6.57. The minimum atomic E-state index is -2.22. The van der Waals surface area contributed by atoms with Crippen LogP contribution < -0.4 is 0 Å². The highest BCUT2D eigenvalue weighted by Gasteiger charge is 2.36. The number of nitrogens with zero attached hydrogens (tertiary/aromatic N) is 2. The molecular formula is C12H10Cl6N2O2. The topological polar surface area (TPSA) is 51.0 Å². The zero-order valence-corrected chi connectivity index (χ0v) is 15.7. The number of benzene rings is 1. The van der Waals surface area contributed by atoms with Crippen LogP contribution >= 0.6 is 69.6 Å². The van der Waals surface area contributed by atoms with E-state index in [2.05, 4.69) is 10.2 Å². The van der Waals surface area contributed by atoms with Crippen LogP contribution in [-0.4, -0.2) is 22.9 Å². The predicted molar refractivity (Wildman–Crippen MR) is 91.3 cm³/mol. The first-order chi connectivity index (χ1) is 10.2. The number of carbonyl (C=O) groups is 1. The molecule has 0 aliphatic carbocycles. The van der Waals surface area contributed by atoms with Crippen molar-refractivity contribution in [2.24, 2.45) is 16.1 Å². The van der Waals surface area contributed by atoms with E-state index in [4.69, 9.17) is 74.3 Å². The molecule has 4 nitrogen and oxygen atoms in total. The van der Waals surface area contributed by atoms with Crippen molar-refractivity contribution in [3.8, 4) is 0 Å². The Balaban J connectivity index is 2.85. The maximum Gasteiger partial charge on any atom is 0.367 e.